The van der Waals surface area contributed by atoms with Crippen molar-refractivity contribution in [2.24, 2.45) is 5.41 Å². The van der Waals surface area contributed by atoms with E-state index in [0.717, 1.165) is 13.1 Å². The Bertz CT molecular complexity index is 369. The lowest BCUT2D eigenvalue weighted by atomic mass is 9.70. The van der Waals surface area contributed by atoms with E-state index in [9.17, 15) is 0 Å². The lowest BCUT2D eigenvalue weighted by molar-refractivity contribution is 0.156. The molecule has 0 amide bonds. The van der Waals surface area contributed by atoms with Crippen LogP contribution in [0.4, 0.5) is 0 Å². The zero-order valence-corrected chi connectivity index (χ0v) is 11.7. The lowest BCUT2D eigenvalue weighted by Gasteiger charge is -2.38. The highest BCUT2D eigenvalue weighted by Gasteiger charge is 2.30. The number of hydrogen-bond acceptors (Lipinski definition) is 1. The van der Waals surface area contributed by atoms with E-state index < -0.39 is 0 Å². The summed E-state index contributed by atoms with van der Waals surface area (Å²) in [4.78, 5) is 0. The first-order valence-corrected chi connectivity index (χ1v) is 6.84. The largest absolute Gasteiger partial charge is 0.312 e. The summed E-state index contributed by atoms with van der Waals surface area (Å²) >= 11 is 3.57. The van der Waals surface area contributed by atoms with Crippen molar-refractivity contribution in [1.29, 1.82) is 0 Å². The predicted molar refractivity (Wildman–Crippen MR) is 72.5 cm³/mol. The maximum absolute atomic E-state index is 3.57. The predicted octanol–water partition coefficient (Wildman–Crippen LogP) is 4.04. The number of nitrogens with one attached hydrogen (secondary N) is 1. The van der Waals surface area contributed by atoms with Gasteiger partial charge in [0.2, 0.25) is 0 Å². The first kappa shape index (κ1) is 12.1. The summed E-state index contributed by atoms with van der Waals surface area (Å²) in [5.41, 5.74) is 3.23. The highest BCUT2D eigenvalue weighted by atomic mass is 79.9. The van der Waals surface area contributed by atoms with E-state index in [2.05, 4.69) is 53.3 Å². The molecule has 1 aliphatic rings. The van der Waals surface area contributed by atoms with Crippen LogP contribution in [0.2, 0.25) is 0 Å². The third kappa shape index (κ3) is 2.86. The molecule has 1 nitrogen and oxygen atoms in total. The minimum Gasteiger partial charge on any atom is -0.312 e. The van der Waals surface area contributed by atoms with Gasteiger partial charge in [0.1, 0.15) is 0 Å². The smallest absolute Gasteiger partial charge is 0.0207 e. The van der Waals surface area contributed by atoms with Gasteiger partial charge in [-0.2, -0.15) is 0 Å². The number of aryl methyl sites for hydroxylation is 1. The van der Waals surface area contributed by atoms with Gasteiger partial charge in [-0.05, 0) is 42.4 Å². The van der Waals surface area contributed by atoms with Crippen molar-refractivity contribution >= 4 is 15.9 Å². The SMILES string of the molecule is Cc1ccc(CNCC2(C)CCC2)cc1Br. The van der Waals surface area contributed by atoms with E-state index in [-0.39, 0.29) is 0 Å². The molecule has 1 aromatic rings. The highest BCUT2D eigenvalue weighted by Crippen LogP contribution is 2.39. The van der Waals surface area contributed by atoms with Gasteiger partial charge in [0.05, 0.1) is 0 Å². The molecule has 0 atom stereocenters. The molecule has 1 fully saturated rings. The first-order chi connectivity index (χ1) is 7.59. The van der Waals surface area contributed by atoms with Crippen LogP contribution in [0.25, 0.3) is 0 Å². The molecule has 0 saturated heterocycles. The van der Waals surface area contributed by atoms with Gasteiger partial charge >= 0.3 is 0 Å². The zero-order chi connectivity index (χ0) is 11.6. The molecule has 0 heterocycles. The lowest BCUT2D eigenvalue weighted by Crippen LogP contribution is -2.36. The Labute approximate surface area is 107 Å². The van der Waals surface area contributed by atoms with Crippen LogP contribution in [-0.2, 0) is 6.54 Å². The van der Waals surface area contributed by atoms with E-state index in [4.69, 9.17) is 0 Å². The van der Waals surface area contributed by atoms with E-state index in [1.165, 1.54) is 34.9 Å². The van der Waals surface area contributed by atoms with Gasteiger partial charge in [-0.1, -0.05) is 41.4 Å². The molecule has 16 heavy (non-hydrogen) atoms. The number of rotatable bonds is 4. The molecule has 0 unspecified atom stereocenters. The second kappa shape index (κ2) is 4.89. The third-order valence-electron chi connectivity index (χ3n) is 3.68. The van der Waals surface area contributed by atoms with Crippen LogP contribution >= 0.6 is 15.9 Å². The fourth-order valence-corrected chi connectivity index (χ4v) is 2.64. The zero-order valence-electron chi connectivity index (χ0n) is 10.1. The van der Waals surface area contributed by atoms with Gasteiger partial charge in [0.15, 0.2) is 0 Å². The molecule has 0 spiro atoms. The van der Waals surface area contributed by atoms with Gasteiger partial charge in [-0.15, -0.1) is 0 Å². The minimum atomic E-state index is 0.571. The average molecular weight is 282 g/mol. The van der Waals surface area contributed by atoms with Gasteiger partial charge in [0, 0.05) is 17.6 Å². The summed E-state index contributed by atoms with van der Waals surface area (Å²) in [6, 6.07) is 6.59. The Balaban J connectivity index is 1.83. The van der Waals surface area contributed by atoms with Crippen molar-refractivity contribution < 1.29 is 0 Å². The van der Waals surface area contributed by atoms with Crippen LogP contribution in [0, 0.1) is 12.3 Å². The first-order valence-electron chi connectivity index (χ1n) is 6.05. The topological polar surface area (TPSA) is 12.0 Å². The van der Waals surface area contributed by atoms with Crippen molar-refractivity contribution in [3.8, 4) is 0 Å². The maximum atomic E-state index is 3.57. The van der Waals surface area contributed by atoms with Crippen LogP contribution < -0.4 is 5.32 Å². The van der Waals surface area contributed by atoms with Crippen molar-refractivity contribution in [1.82, 2.24) is 5.32 Å². The molecular weight excluding hydrogens is 262 g/mol. The second-order valence-electron chi connectivity index (χ2n) is 5.35. The van der Waals surface area contributed by atoms with Crippen molar-refractivity contribution in [2.75, 3.05) is 6.54 Å². The number of benzene rings is 1. The summed E-state index contributed by atoms with van der Waals surface area (Å²) in [5, 5.41) is 3.57. The minimum absolute atomic E-state index is 0.571. The number of halogens is 1. The van der Waals surface area contributed by atoms with Crippen molar-refractivity contribution in [2.45, 2.75) is 39.7 Å². The van der Waals surface area contributed by atoms with Gasteiger partial charge in [-0.3, -0.25) is 0 Å². The average Bonchev–Trinajstić information content (AvgIpc) is 2.21. The summed E-state index contributed by atoms with van der Waals surface area (Å²) in [7, 11) is 0. The molecule has 2 rings (SSSR count). The van der Waals surface area contributed by atoms with Gasteiger partial charge < -0.3 is 5.32 Å². The van der Waals surface area contributed by atoms with E-state index in [1.807, 2.05) is 0 Å². The molecule has 2 heteroatoms. The molecule has 0 radical (unpaired) electrons. The summed E-state index contributed by atoms with van der Waals surface area (Å²) in [6.45, 7) is 6.64. The Hall–Kier alpha value is -0.340. The van der Waals surface area contributed by atoms with Crippen LogP contribution in [0.5, 0.6) is 0 Å². The van der Waals surface area contributed by atoms with Crippen LogP contribution in [-0.4, -0.2) is 6.54 Å². The normalized spacial score (nSPS) is 18.2. The Morgan fingerprint density at radius 1 is 1.38 bits per heavy atom. The summed E-state index contributed by atoms with van der Waals surface area (Å²) < 4.78 is 1.21. The Morgan fingerprint density at radius 2 is 2.12 bits per heavy atom. The summed E-state index contributed by atoms with van der Waals surface area (Å²) in [5.74, 6) is 0. The van der Waals surface area contributed by atoms with E-state index in [0.29, 0.717) is 5.41 Å². The Morgan fingerprint density at radius 3 is 2.69 bits per heavy atom. The van der Waals surface area contributed by atoms with Gasteiger partial charge in [-0.25, -0.2) is 0 Å². The van der Waals surface area contributed by atoms with Crippen molar-refractivity contribution in [3.05, 3.63) is 33.8 Å². The molecule has 1 aliphatic carbocycles. The van der Waals surface area contributed by atoms with E-state index >= 15 is 0 Å². The summed E-state index contributed by atoms with van der Waals surface area (Å²) in [6.07, 6.45) is 4.18. The molecular formula is C14H20BrN. The van der Waals surface area contributed by atoms with E-state index in [1.54, 1.807) is 0 Å². The molecule has 88 valence electrons. The fraction of sp³-hybridized carbons (Fsp3) is 0.571. The molecule has 1 saturated carbocycles. The van der Waals surface area contributed by atoms with Crippen LogP contribution in [0.3, 0.4) is 0 Å². The highest BCUT2D eigenvalue weighted by molar-refractivity contribution is 9.10. The standard InChI is InChI=1S/C14H20BrN/c1-11-4-5-12(8-13(11)15)9-16-10-14(2)6-3-7-14/h4-5,8,16H,3,6-7,9-10H2,1-2H3. The quantitative estimate of drug-likeness (QED) is 0.879. The third-order valence-corrected chi connectivity index (χ3v) is 4.53. The van der Waals surface area contributed by atoms with Gasteiger partial charge in [0.25, 0.3) is 0 Å². The molecule has 1 aromatic carbocycles. The number of hydrogen-bond donors (Lipinski definition) is 1. The Kier molecular flexibility index (Phi) is 3.70. The second-order valence-corrected chi connectivity index (χ2v) is 6.21. The molecule has 0 aromatic heterocycles. The molecule has 1 N–H and O–H groups in total. The van der Waals surface area contributed by atoms with Crippen LogP contribution in [0.1, 0.15) is 37.3 Å². The monoisotopic (exact) mass is 281 g/mol. The fourth-order valence-electron chi connectivity index (χ4n) is 2.21. The van der Waals surface area contributed by atoms with Crippen molar-refractivity contribution in [3.63, 3.8) is 0 Å². The van der Waals surface area contributed by atoms with Crippen LogP contribution in [0.15, 0.2) is 22.7 Å². The maximum Gasteiger partial charge on any atom is 0.0207 e. The molecule has 0 aliphatic heterocycles. The molecule has 0 bridgehead atoms.